The van der Waals surface area contributed by atoms with Crippen molar-refractivity contribution < 1.29 is 9.53 Å². The fourth-order valence-corrected chi connectivity index (χ4v) is 2.23. The van der Waals surface area contributed by atoms with E-state index in [-0.39, 0.29) is 5.91 Å². The Morgan fingerprint density at radius 3 is 2.83 bits per heavy atom. The highest BCUT2D eigenvalue weighted by molar-refractivity contribution is 5.95. The molecule has 1 aliphatic carbocycles. The molecule has 4 nitrogen and oxygen atoms in total. The summed E-state index contributed by atoms with van der Waals surface area (Å²) in [5.41, 5.74) is 7.81. The first-order valence-electron chi connectivity index (χ1n) is 6.28. The second-order valence-corrected chi connectivity index (χ2v) is 4.89. The van der Waals surface area contributed by atoms with Crippen molar-refractivity contribution in [2.45, 2.75) is 25.8 Å². The number of nitrogens with two attached hydrogens (primary N) is 1. The highest BCUT2D eigenvalue weighted by Crippen LogP contribution is 2.35. The summed E-state index contributed by atoms with van der Waals surface area (Å²) in [5, 5.41) is 3.47. The number of rotatable bonds is 6. The van der Waals surface area contributed by atoms with Crippen molar-refractivity contribution in [3.05, 3.63) is 29.3 Å². The molecule has 0 aromatic heterocycles. The lowest BCUT2D eigenvalue weighted by atomic mass is 10.0. The van der Waals surface area contributed by atoms with Gasteiger partial charge in [0.25, 0.3) is 0 Å². The molecular weight excluding hydrogens is 228 g/mol. The number of carbonyl (C=O) groups is 1. The van der Waals surface area contributed by atoms with Gasteiger partial charge < -0.3 is 15.8 Å². The van der Waals surface area contributed by atoms with Crippen LogP contribution < -0.4 is 11.1 Å². The van der Waals surface area contributed by atoms with Gasteiger partial charge in [-0.15, -0.1) is 0 Å². The molecule has 0 aliphatic heterocycles. The third-order valence-corrected chi connectivity index (χ3v) is 3.48. The minimum Gasteiger partial charge on any atom is -0.383 e. The van der Waals surface area contributed by atoms with E-state index in [0.717, 1.165) is 11.3 Å². The molecule has 1 atom stereocenters. The standard InChI is InChI=1S/C14H20N2O2/c1-9-11(14(15)17)4-3-5-12(9)16-13(8-18-2)10-6-7-10/h3-5,10,13,16H,6-8H2,1-2H3,(H2,15,17). The molecule has 1 aromatic carbocycles. The van der Waals surface area contributed by atoms with Crippen LogP contribution in [0.15, 0.2) is 18.2 Å². The summed E-state index contributed by atoms with van der Waals surface area (Å²) in [7, 11) is 1.71. The van der Waals surface area contributed by atoms with E-state index < -0.39 is 0 Å². The van der Waals surface area contributed by atoms with E-state index in [9.17, 15) is 4.79 Å². The van der Waals surface area contributed by atoms with Gasteiger partial charge in [-0.3, -0.25) is 4.79 Å². The molecule has 18 heavy (non-hydrogen) atoms. The lowest BCUT2D eigenvalue weighted by molar-refractivity contribution is 0.1000. The zero-order valence-corrected chi connectivity index (χ0v) is 10.9. The lowest BCUT2D eigenvalue weighted by Crippen LogP contribution is -2.28. The fourth-order valence-electron chi connectivity index (χ4n) is 2.23. The number of hydrogen-bond donors (Lipinski definition) is 2. The maximum Gasteiger partial charge on any atom is 0.249 e. The van der Waals surface area contributed by atoms with Crippen molar-refractivity contribution in [2.24, 2.45) is 11.7 Å². The molecule has 2 rings (SSSR count). The van der Waals surface area contributed by atoms with E-state index >= 15 is 0 Å². The Hall–Kier alpha value is -1.55. The average molecular weight is 248 g/mol. The maximum atomic E-state index is 11.3. The number of primary amides is 1. The van der Waals surface area contributed by atoms with Gasteiger partial charge >= 0.3 is 0 Å². The highest BCUT2D eigenvalue weighted by Gasteiger charge is 2.31. The van der Waals surface area contributed by atoms with Crippen LogP contribution in [0.4, 0.5) is 5.69 Å². The van der Waals surface area contributed by atoms with Gasteiger partial charge in [0, 0.05) is 18.4 Å². The van der Waals surface area contributed by atoms with E-state index in [1.807, 2.05) is 19.1 Å². The fraction of sp³-hybridized carbons (Fsp3) is 0.500. The van der Waals surface area contributed by atoms with E-state index in [0.29, 0.717) is 24.1 Å². The minimum atomic E-state index is -0.383. The van der Waals surface area contributed by atoms with Gasteiger partial charge in [0.05, 0.1) is 12.6 Å². The number of methoxy groups -OCH3 is 1. The Morgan fingerprint density at radius 1 is 1.56 bits per heavy atom. The van der Waals surface area contributed by atoms with Gasteiger partial charge in [0.15, 0.2) is 0 Å². The molecule has 98 valence electrons. The Morgan fingerprint density at radius 2 is 2.28 bits per heavy atom. The molecule has 0 heterocycles. The summed E-state index contributed by atoms with van der Waals surface area (Å²) in [6, 6.07) is 5.90. The Kier molecular flexibility index (Phi) is 3.87. The normalized spacial score (nSPS) is 16.3. The molecule has 1 amide bonds. The molecule has 1 unspecified atom stereocenters. The molecule has 0 saturated heterocycles. The second-order valence-electron chi connectivity index (χ2n) is 4.89. The minimum absolute atomic E-state index is 0.317. The number of hydrogen-bond acceptors (Lipinski definition) is 3. The van der Waals surface area contributed by atoms with Crippen LogP contribution in [-0.2, 0) is 4.74 Å². The molecule has 1 fully saturated rings. The van der Waals surface area contributed by atoms with Crippen molar-refractivity contribution in [3.63, 3.8) is 0 Å². The van der Waals surface area contributed by atoms with E-state index in [2.05, 4.69) is 5.32 Å². The molecule has 3 N–H and O–H groups in total. The van der Waals surface area contributed by atoms with Crippen molar-refractivity contribution in [3.8, 4) is 0 Å². The van der Waals surface area contributed by atoms with Crippen molar-refractivity contribution >= 4 is 11.6 Å². The number of carbonyl (C=O) groups excluding carboxylic acids is 1. The zero-order valence-electron chi connectivity index (χ0n) is 10.9. The molecule has 0 bridgehead atoms. The topological polar surface area (TPSA) is 64.3 Å². The molecule has 4 heteroatoms. The second kappa shape index (κ2) is 5.40. The summed E-state index contributed by atoms with van der Waals surface area (Å²) in [4.78, 5) is 11.3. The van der Waals surface area contributed by atoms with Gasteiger partial charge in [0.1, 0.15) is 0 Å². The first kappa shape index (κ1) is 12.9. The first-order valence-corrected chi connectivity index (χ1v) is 6.28. The molecule has 1 saturated carbocycles. The van der Waals surface area contributed by atoms with Gasteiger partial charge in [-0.1, -0.05) is 6.07 Å². The molecule has 1 aliphatic rings. The molecule has 0 spiro atoms. The number of ether oxygens (including phenoxy) is 1. The van der Waals surface area contributed by atoms with Crippen LogP contribution in [0.3, 0.4) is 0 Å². The average Bonchev–Trinajstić information content (AvgIpc) is 3.14. The summed E-state index contributed by atoms with van der Waals surface area (Å²) in [5.74, 6) is 0.299. The maximum absolute atomic E-state index is 11.3. The Bertz CT molecular complexity index is 441. The van der Waals surface area contributed by atoms with Gasteiger partial charge in [-0.2, -0.15) is 0 Å². The van der Waals surface area contributed by atoms with E-state index in [1.54, 1.807) is 13.2 Å². The summed E-state index contributed by atoms with van der Waals surface area (Å²) < 4.78 is 5.24. The predicted octanol–water partition coefficient (Wildman–Crippen LogP) is 1.93. The number of amides is 1. The summed E-state index contributed by atoms with van der Waals surface area (Å²) in [6.07, 6.45) is 2.49. The monoisotopic (exact) mass is 248 g/mol. The summed E-state index contributed by atoms with van der Waals surface area (Å²) in [6.45, 7) is 2.60. The largest absolute Gasteiger partial charge is 0.383 e. The van der Waals surface area contributed by atoms with Crippen molar-refractivity contribution in [1.82, 2.24) is 0 Å². The van der Waals surface area contributed by atoms with Crippen LogP contribution in [0.2, 0.25) is 0 Å². The summed E-state index contributed by atoms with van der Waals surface area (Å²) >= 11 is 0. The van der Waals surface area contributed by atoms with Gasteiger partial charge in [-0.05, 0) is 43.4 Å². The van der Waals surface area contributed by atoms with Crippen LogP contribution in [0.5, 0.6) is 0 Å². The van der Waals surface area contributed by atoms with Crippen molar-refractivity contribution in [2.75, 3.05) is 19.0 Å². The zero-order chi connectivity index (χ0) is 13.1. The van der Waals surface area contributed by atoms with Crippen LogP contribution in [0.25, 0.3) is 0 Å². The SMILES string of the molecule is COCC(Nc1cccc(C(N)=O)c1C)C1CC1. The Balaban J connectivity index is 2.17. The first-order chi connectivity index (χ1) is 8.63. The third-order valence-electron chi connectivity index (χ3n) is 3.48. The molecule has 0 radical (unpaired) electrons. The Labute approximate surface area is 108 Å². The highest BCUT2D eigenvalue weighted by atomic mass is 16.5. The predicted molar refractivity (Wildman–Crippen MR) is 71.7 cm³/mol. The van der Waals surface area contributed by atoms with Crippen LogP contribution in [0, 0.1) is 12.8 Å². The lowest BCUT2D eigenvalue weighted by Gasteiger charge is -2.20. The number of benzene rings is 1. The number of anilines is 1. The smallest absolute Gasteiger partial charge is 0.249 e. The van der Waals surface area contributed by atoms with Crippen LogP contribution in [0.1, 0.15) is 28.8 Å². The number of nitrogens with one attached hydrogen (secondary N) is 1. The molecule has 1 aromatic rings. The van der Waals surface area contributed by atoms with Crippen molar-refractivity contribution in [1.29, 1.82) is 0 Å². The van der Waals surface area contributed by atoms with Crippen LogP contribution >= 0.6 is 0 Å². The third kappa shape index (κ3) is 2.82. The van der Waals surface area contributed by atoms with E-state index in [1.165, 1.54) is 12.8 Å². The van der Waals surface area contributed by atoms with Crippen LogP contribution in [-0.4, -0.2) is 25.7 Å². The van der Waals surface area contributed by atoms with Gasteiger partial charge in [-0.25, -0.2) is 0 Å². The molecular formula is C14H20N2O2. The quantitative estimate of drug-likeness (QED) is 0.808. The van der Waals surface area contributed by atoms with E-state index in [4.69, 9.17) is 10.5 Å². The van der Waals surface area contributed by atoms with Gasteiger partial charge in [0.2, 0.25) is 5.91 Å².